The molecule has 0 bridgehead atoms. The predicted octanol–water partition coefficient (Wildman–Crippen LogP) is 1.86. The minimum atomic E-state index is -3.20. The molecule has 3 nitrogen and oxygen atoms in total. The molecule has 0 amide bonds. The molecular weight excluding hydrogens is 198 g/mol. The van der Waals surface area contributed by atoms with E-state index in [9.17, 15) is 8.42 Å². The molecule has 0 aliphatic carbocycles. The fourth-order valence-electron chi connectivity index (χ4n) is 1.10. The van der Waals surface area contributed by atoms with Crippen molar-refractivity contribution in [1.82, 2.24) is 0 Å². The number of sulfonamides is 1. The van der Waals surface area contributed by atoms with Crippen molar-refractivity contribution in [2.24, 2.45) is 0 Å². The van der Waals surface area contributed by atoms with Gasteiger partial charge in [0.25, 0.3) is 0 Å². The van der Waals surface area contributed by atoms with E-state index in [-0.39, 0.29) is 0 Å². The zero-order valence-electron chi connectivity index (χ0n) is 8.64. The summed E-state index contributed by atoms with van der Waals surface area (Å²) in [5.74, 6) is 0. The fraction of sp³-hybridized carbons (Fsp3) is 0.400. The first-order valence-electron chi connectivity index (χ1n) is 4.49. The third-order valence-corrected chi connectivity index (χ3v) is 4.26. The average Bonchev–Trinajstić information content (AvgIpc) is 2.17. The Morgan fingerprint density at radius 1 is 1.14 bits per heavy atom. The average molecular weight is 213 g/mol. The molecule has 0 spiro atoms. The van der Waals surface area contributed by atoms with E-state index in [2.05, 4.69) is 0 Å². The molecule has 0 saturated carbocycles. The Hall–Kier alpha value is -1.03. The molecule has 0 N–H and O–H groups in total. The quantitative estimate of drug-likeness (QED) is 0.768. The minimum absolute atomic E-state index is 0.396. The van der Waals surface area contributed by atoms with E-state index in [0.717, 1.165) is 0 Å². The zero-order valence-corrected chi connectivity index (χ0v) is 9.45. The van der Waals surface area contributed by atoms with Crippen LogP contribution in [0.2, 0.25) is 0 Å². The van der Waals surface area contributed by atoms with Crippen molar-refractivity contribution in [1.29, 1.82) is 0 Å². The lowest BCUT2D eigenvalue weighted by Crippen LogP contribution is -2.32. The van der Waals surface area contributed by atoms with Crippen LogP contribution < -0.4 is 4.31 Å². The standard InChI is InChI=1S/C10H15NO2S/c1-9(2)14(12,13)11(3)10-7-5-4-6-8-10/h4-9H,1-3H3. The summed E-state index contributed by atoms with van der Waals surface area (Å²) in [6.45, 7) is 3.35. The van der Waals surface area contributed by atoms with Crippen molar-refractivity contribution in [3.05, 3.63) is 30.3 Å². The predicted molar refractivity (Wildman–Crippen MR) is 58.9 cm³/mol. The lowest BCUT2D eigenvalue weighted by Gasteiger charge is -2.21. The SMILES string of the molecule is CC(C)S(=O)(=O)N(C)c1ccccc1. The van der Waals surface area contributed by atoms with Crippen molar-refractivity contribution < 1.29 is 8.42 Å². The molecule has 0 unspecified atom stereocenters. The molecule has 0 saturated heterocycles. The number of para-hydroxylation sites is 1. The first-order chi connectivity index (χ1) is 6.46. The molecule has 0 fully saturated rings. The normalized spacial score (nSPS) is 11.7. The molecule has 1 aromatic rings. The van der Waals surface area contributed by atoms with Gasteiger partial charge in [-0.15, -0.1) is 0 Å². The number of nitrogens with zero attached hydrogens (tertiary/aromatic N) is 1. The Labute approximate surface area is 85.4 Å². The van der Waals surface area contributed by atoms with E-state index >= 15 is 0 Å². The van der Waals surface area contributed by atoms with Gasteiger partial charge in [-0.25, -0.2) is 8.42 Å². The van der Waals surface area contributed by atoms with Crippen LogP contribution >= 0.6 is 0 Å². The molecule has 1 rings (SSSR count). The van der Waals surface area contributed by atoms with E-state index in [0.29, 0.717) is 5.69 Å². The second-order valence-corrected chi connectivity index (χ2v) is 5.92. The van der Waals surface area contributed by atoms with E-state index in [1.807, 2.05) is 18.2 Å². The maximum Gasteiger partial charge on any atom is 0.237 e. The Kier molecular flexibility index (Phi) is 3.16. The second-order valence-electron chi connectivity index (χ2n) is 3.40. The topological polar surface area (TPSA) is 37.4 Å². The highest BCUT2D eigenvalue weighted by Crippen LogP contribution is 2.17. The highest BCUT2D eigenvalue weighted by atomic mass is 32.2. The summed E-state index contributed by atoms with van der Waals surface area (Å²) in [6, 6.07) is 9.06. The molecule has 14 heavy (non-hydrogen) atoms. The van der Waals surface area contributed by atoms with Crippen LogP contribution in [0.3, 0.4) is 0 Å². The van der Waals surface area contributed by atoms with Crippen LogP contribution in [-0.2, 0) is 10.0 Å². The van der Waals surface area contributed by atoms with Gasteiger partial charge in [-0.05, 0) is 26.0 Å². The van der Waals surface area contributed by atoms with Gasteiger partial charge in [-0.1, -0.05) is 18.2 Å². The van der Waals surface area contributed by atoms with Crippen LogP contribution in [0.25, 0.3) is 0 Å². The van der Waals surface area contributed by atoms with Gasteiger partial charge in [0.1, 0.15) is 0 Å². The lowest BCUT2D eigenvalue weighted by molar-refractivity contribution is 0.585. The lowest BCUT2D eigenvalue weighted by atomic mass is 10.3. The Morgan fingerprint density at radius 3 is 2.07 bits per heavy atom. The van der Waals surface area contributed by atoms with Gasteiger partial charge in [-0.3, -0.25) is 4.31 Å². The van der Waals surface area contributed by atoms with Crippen LogP contribution in [0, 0.1) is 0 Å². The molecule has 1 aromatic carbocycles. The Balaban J connectivity index is 3.03. The summed E-state index contributed by atoms with van der Waals surface area (Å²) in [4.78, 5) is 0. The summed E-state index contributed by atoms with van der Waals surface area (Å²) in [5, 5.41) is -0.396. The van der Waals surface area contributed by atoms with Gasteiger partial charge in [0.2, 0.25) is 10.0 Å². The molecule has 78 valence electrons. The van der Waals surface area contributed by atoms with Gasteiger partial charge >= 0.3 is 0 Å². The van der Waals surface area contributed by atoms with Crippen LogP contribution in [0.4, 0.5) is 5.69 Å². The third kappa shape index (κ3) is 2.07. The first kappa shape index (κ1) is 11.0. The third-order valence-electron chi connectivity index (χ3n) is 2.10. The maximum atomic E-state index is 11.8. The molecular formula is C10H15NO2S. The van der Waals surface area contributed by atoms with Crippen molar-refractivity contribution >= 4 is 15.7 Å². The van der Waals surface area contributed by atoms with Crippen LogP contribution in [-0.4, -0.2) is 20.7 Å². The van der Waals surface area contributed by atoms with Crippen molar-refractivity contribution in [3.63, 3.8) is 0 Å². The zero-order chi connectivity index (χ0) is 10.8. The number of benzene rings is 1. The van der Waals surface area contributed by atoms with E-state index in [4.69, 9.17) is 0 Å². The van der Waals surface area contributed by atoms with Crippen LogP contribution in [0.5, 0.6) is 0 Å². The fourth-order valence-corrected chi connectivity index (χ4v) is 2.15. The van der Waals surface area contributed by atoms with Gasteiger partial charge in [0.15, 0.2) is 0 Å². The molecule has 0 radical (unpaired) electrons. The molecule has 0 heterocycles. The van der Waals surface area contributed by atoms with Gasteiger partial charge in [0.05, 0.1) is 10.9 Å². The van der Waals surface area contributed by atoms with E-state index in [1.165, 1.54) is 4.31 Å². The second kappa shape index (κ2) is 4.00. The van der Waals surface area contributed by atoms with Crippen LogP contribution in [0.1, 0.15) is 13.8 Å². The highest BCUT2D eigenvalue weighted by molar-refractivity contribution is 7.93. The summed E-state index contributed by atoms with van der Waals surface area (Å²) in [7, 11) is -1.62. The van der Waals surface area contributed by atoms with Gasteiger partial charge in [0, 0.05) is 7.05 Å². The summed E-state index contributed by atoms with van der Waals surface area (Å²) in [5.41, 5.74) is 0.696. The summed E-state index contributed by atoms with van der Waals surface area (Å²) >= 11 is 0. The number of hydrogen-bond acceptors (Lipinski definition) is 2. The number of hydrogen-bond donors (Lipinski definition) is 0. The molecule has 4 heteroatoms. The monoisotopic (exact) mass is 213 g/mol. The molecule has 0 aliphatic heterocycles. The minimum Gasteiger partial charge on any atom is -0.273 e. The summed E-state index contributed by atoms with van der Waals surface area (Å²) in [6.07, 6.45) is 0. The number of anilines is 1. The van der Waals surface area contributed by atoms with E-state index in [1.54, 1.807) is 33.0 Å². The molecule has 0 aromatic heterocycles. The largest absolute Gasteiger partial charge is 0.273 e. The highest BCUT2D eigenvalue weighted by Gasteiger charge is 2.21. The summed E-state index contributed by atoms with van der Waals surface area (Å²) < 4.78 is 24.8. The molecule has 0 aliphatic rings. The smallest absolute Gasteiger partial charge is 0.237 e. The van der Waals surface area contributed by atoms with Crippen LogP contribution in [0.15, 0.2) is 30.3 Å². The molecule has 0 atom stereocenters. The van der Waals surface area contributed by atoms with Crippen molar-refractivity contribution in [2.45, 2.75) is 19.1 Å². The first-order valence-corrected chi connectivity index (χ1v) is 5.99. The Morgan fingerprint density at radius 2 is 1.64 bits per heavy atom. The maximum absolute atomic E-state index is 11.8. The van der Waals surface area contributed by atoms with Crippen molar-refractivity contribution in [2.75, 3.05) is 11.4 Å². The number of rotatable bonds is 3. The van der Waals surface area contributed by atoms with Gasteiger partial charge in [-0.2, -0.15) is 0 Å². The van der Waals surface area contributed by atoms with Crippen molar-refractivity contribution in [3.8, 4) is 0 Å². The van der Waals surface area contributed by atoms with E-state index < -0.39 is 15.3 Å². The Bertz CT molecular complexity index is 384. The van der Waals surface area contributed by atoms with Gasteiger partial charge < -0.3 is 0 Å².